The third-order valence-electron chi connectivity index (χ3n) is 5.56. The number of benzene rings is 3. The van der Waals surface area contributed by atoms with E-state index in [2.05, 4.69) is 4.98 Å². The second kappa shape index (κ2) is 8.72. The van der Waals surface area contributed by atoms with E-state index < -0.39 is 5.69 Å². The molecule has 0 unspecified atom stereocenters. The van der Waals surface area contributed by atoms with E-state index in [1.165, 1.54) is 4.40 Å². The van der Waals surface area contributed by atoms with Gasteiger partial charge in [-0.25, -0.2) is 24.7 Å². The Morgan fingerprint density at radius 3 is 1.43 bits per heavy atom. The Kier molecular flexibility index (Phi) is 5.12. The van der Waals surface area contributed by atoms with Crippen LogP contribution in [0.5, 0.6) is 0 Å². The fourth-order valence-electron chi connectivity index (χ4n) is 3.86. The normalized spacial score (nSPS) is 11.0. The van der Waals surface area contributed by atoms with Crippen LogP contribution in [0.1, 0.15) is 0 Å². The van der Waals surface area contributed by atoms with Crippen LogP contribution in [-0.2, 0) is 0 Å². The Morgan fingerprint density at radius 1 is 0.457 bits per heavy atom. The molecule has 0 aliphatic carbocycles. The molecule has 3 aromatic heterocycles. The molecule has 35 heavy (non-hydrogen) atoms. The topological polar surface area (TPSA) is 85.9 Å². The number of aromatic nitrogens is 6. The highest BCUT2D eigenvalue weighted by Crippen LogP contribution is 2.26. The van der Waals surface area contributed by atoms with Crippen LogP contribution in [-0.4, -0.2) is 29.3 Å². The lowest BCUT2D eigenvalue weighted by Gasteiger charge is -2.10. The van der Waals surface area contributed by atoms with E-state index in [1.807, 2.05) is 97.1 Å². The van der Waals surface area contributed by atoms with Gasteiger partial charge in [-0.3, -0.25) is 4.40 Å². The summed E-state index contributed by atoms with van der Waals surface area (Å²) in [6.45, 7) is 0. The predicted octanol–water partition coefficient (Wildman–Crippen LogP) is 4.94. The molecule has 0 fully saturated rings. The molecular formula is C28H18N6O. The first-order valence-electron chi connectivity index (χ1n) is 11.1. The lowest BCUT2D eigenvalue weighted by atomic mass is 10.1. The summed E-state index contributed by atoms with van der Waals surface area (Å²) in [7, 11) is 0. The summed E-state index contributed by atoms with van der Waals surface area (Å²) in [5.41, 5.74) is 3.11. The zero-order valence-corrected chi connectivity index (χ0v) is 18.5. The predicted molar refractivity (Wildman–Crippen MR) is 134 cm³/mol. The molecule has 3 aromatic carbocycles. The van der Waals surface area contributed by atoms with Gasteiger partial charge >= 0.3 is 5.69 Å². The van der Waals surface area contributed by atoms with E-state index in [-0.39, 0.29) is 0 Å². The molecule has 0 atom stereocenters. The molecule has 0 saturated carbocycles. The van der Waals surface area contributed by atoms with Crippen molar-refractivity contribution in [2.75, 3.05) is 0 Å². The van der Waals surface area contributed by atoms with Crippen LogP contribution in [0.25, 0.3) is 51.2 Å². The molecule has 0 spiro atoms. The quantitative estimate of drug-likeness (QED) is 0.375. The Balaban J connectivity index is 1.62. The Bertz CT molecular complexity index is 1640. The number of pyridine rings is 1. The second-order valence-electron chi connectivity index (χ2n) is 7.85. The van der Waals surface area contributed by atoms with Crippen molar-refractivity contribution >= 4 is 5.65 Å². The van der Waals surface area contributed by atoms with Crippen molar-refractivity contribution in [3.8, 4) is 45.6 Å². The van der Waals surface area contributed by atoms with Crippen molar-refractivity contribution < 1.29 is 0 Å². The molecule has 0 N–H and O–H groups in total. The van der Waals surface area contributed by atoms with Gasteiger partial charge in [0.2, 0.25) is 0 Å². The summed E-state index contributed by atoms with van der Waals surface area (Å²) >= 11 is 0. The fourth-order valence-corrected chi connectivity index (χ4v) is 3.86. The number of hydrogen-bond acceptors (Lipinski definition) is 6. The van der Waals surface area contributed by atoms with Gasteiger partial charge in [-0.2, -0.15) is 4.98 Å². The molecule has 0 aliphatic heterocycles. The summed E-state index contributed by atoms with van der Waals surface area (Å²) in [6.07, 6.45) is 1.65. The van der Waals surface area contributed by atoms with E-state index in [0.29, 0.717) is 34.5 Å². The smallest absolute Gasteiger partial charge is 0.251 e. The highest BCUT2D eigenvalue weighted by atomic mass is 16.1. The van der Waals surface area contributed by atoms with Crippen LogP contribution < -0.4 is 5.69 Å². The molecule has 6 aromatic rings. The average molecular weight is 454 g/mol. The molecular weight excluding hydrogens is 436 g/mol. The van der Waals surface area contributed by atoms with Crippen molar-refractivity contribution in [2.45, 2.75) is 0 Å². The Labute approximate surface area is 200 Å². The lowest BCUT2D eigenvalue weighted by molar-refractivity contribution is 0.945. The van der Waals surface area contributed by atoms with Crippen molar-refractivity contribution in [3.63, 3.8) is 0 Å². The van der Waals surface area contributed by atoms with Crippen LogP contribution in [0.15, 0.2) is 114 Å². The van der Waals surface area contributed by atoms with Gasteiger partial charge in [-0.15, -0.1) is 0 Å². The summed E-state index contributed by atoms with van der Waals surface area (Å²) in [5.74, 6) is 1.85. The number of nitrogens with zero attached hydrogens (tertiary/aromatic N) is 6. The van der Waals surface area contributed by atoms with Crippen molar-refractivity contribution in [2.24, 2.45) is 0 Å². The molecule has 0 amide bonds. The summed E-state index contributed by atoms with van der Waals surface area (Å²) in [5, 5.41) is 0. The monoisotopic (exact) mass is 454 g/mol. The number of fused-ring (bicyclic) bond motifs is 1. The third-order valence-corrected chi connectivity index (χ3v) is 5.56. The van der Waals surface area contributed by atoms with Crippen molar-refractivity contribution in [3.05, 3.63) is 120 Å². The van der Waals surface area contributed by atoms with Crippen LogP contribution >= 0.6 is 0 Å². The Morgan fingerprint density at radius 2 is 0.914 bits per heavy atom. The molecule has 0 bridgehead atoms. The molecule has 7 nitrogen and oxygen atoms in total. The minimum Gasteiger partial charge on any atom is -0.251 e. The Hall–Kier alpha value is -5.04. The molecule has 0 saturated heterocycles. The first-order valence-corrected chi connectivity index (χ1v) is 11.1. The first kappa shape index (κ1) is 20.6. The van der Waals surface area contributed by atoms with Crippen LogP contribution in [0, 0.1) is 0 Å². The van der Waals surface area contributed by atoms with Crippen LogP contribution in [0.3, 0.4) is 0 Å². The summed E-state index contributed by atoms with van der Waals surface area (Å²) in [6, 6.07) is 32.5. The summed E-state index contributed by atoms with van der Waals surface area (Å²) < 4.78 is 1.41. The first-order chi connectivity index (χ1) is 17.3. The van der Waals surface area contributed by atoms with Crippen molar-refractivity contribution in [1.82, 2.24) is 29.3 Å². The van der Waals surface area contributed by atoms with Gasteiger partial charge < -0.3 is 0 Å². The largest absolute Gasteiger partial charge is 0.355 e. The molecule has 166 valence electrons. The van der Waals surface area contributed by atoms with E-state index in [1.54, 1.807) is 12.3 Å². The van der Waals surface area contributed by atoms with Crippen LogP contribution in [0.2, 0.25) is 0 Å². The second-order valence-corrected chi connectivity index (χ2v) is 7.85. The maximum Gasteiger partial charge on any atom is 0.355 e. The highest BCUT2D eigenvalue weighted by Gasteiger charge is 2.16. The van der Waals surface area contributed by atoms with Gasteiger partial charge in [0.25, 0.3) is 0 Å². The van der Waals surface area contributed by atoms with Gasteiger partial charge in [0.1, 0.15) is 0 Å². The zero-order valence-electron chi connectivity index (χ0n) is 18.5. The van der Waals surface area contributed by atoms with Crippen LogP contribution in [0.4, 0.5) is 0 Å². The number of hydrogen-bond donors (Lipinski definition) is 0. The maximum absolute atomic E-state index is 12.9. The average Bonchev–Trinajstić information content (AvgIpc) is 2.94. The van der Waals surface area contributed by atoms with Gasteiger partial charge in [-0.05, 0) is 12.1 Å². The molecule has 0 aliphatic rings. The van der Waals surface area contributed by atoms with Gasteiger partial charge in [0.05, 0.1) is 5.56 Å². The van der Waals surface area contributed by atoms with Gasteiger partial charge in [0.15, 0.2) is 28.9 Å². The van der Waals surface area contributed by atoms with E-state index in [4.69, 9.17) is 19.9 Å². The minimum absolute atomic E-state index is 0.351. The van der Waals surface area contributed by atoms with E-state index in [0.717, 1.165) is 16.7 Å². The lowest BCUT2D eigenvalue weighted by Crippen LogP contribution is -2.19. The van der Waals surface area contributed by atoms with E-state index >= 15 is 0 Å². The summed E-state index contributed by atoms with van der Waals surface area (Å²) in [4.78, 5) is 36.1. The van der Waals surface area contributed by atoms with E-state index in [9.17, 15) is 4.79 Å². The zero-order chi connectivity index (χ0) is 23.6. The van der Waals surface area contributed by atoms with Gasteiger partial charge in [-0.1, -0.05) is 91.0 Å². The molecule has 6 rings (SSSR count). The fraction of sp³-hybridized carbons (Fsp3) is 0. The molecule has 3 heterocycles. The minimum atomic E-state index is -0.420. The van der Waals surface area contributed by atoms with Gasteiger partial charge in [0, 0.05) is 22.9 Å². The highest BCUT2D eigenvalue weighted by molar-refractivity contribution is 5.76. The third kappa shape index (κ3) is 3.95. The molecule has 7 heteroatoms. The molecule has 0 radical (unpaired) electrons. The SMILES string of the molecule is O=c1nc(-c2ccccc2)nc2c(-c3nc(-c4ccccc4)nc(-c4ccccc4)n3)cccn12. The maximum atomic E-state index is 12.9. The number of rotatable bonds is 4. The standard InChI is InChI=1S/C28H18N6O/c35-28-33-25(21-15-8-3-9-16-21)32-27-22(17-10-18-34(27)28)26-30-23(19-11-4-1-5-12-19)29-24(31-26)20-13-6-2-7-14-20/h1-18H. The van der Waals surface area contributed by atoms with Crippen molar-refractivity contribution in [1.29, 1.82) is 0 Å².